The van der Waals surface area contributed by atoms with Gasteiger partial charge in [-0.2, -0.15) is 0 Å². The van der Waals surface area contributed by atoms with Crippen LogP contribution in [0.5, 0.6) is 0 Å². The number of pyridine rings is 1. The van der Waals surface area contributed by atoms with Gasteiger partial charge in [-0.25, -0.2) is 9.97 Å². The Morgan fingerprint density at radius 1 is 1.33 bits per heavy atom. The molecule has 2 N–H and O–H groups in total. The lowest BCUT2D eigenvalue weighted by molar-refractivity contribution is 0.0816. The highest BCUT2D eigenvalue weighted by Crippen LogP contribution is 2.26. The summed E-state index contributed by atoms with van der Waals surface area (Å²) < 4.78 is 5.40. The van der Waals surface area contributed by atoms with Crippen molar-refractivity contribution in [1.29, 1.82) is 0 Å². The van der Waals surface area contributed by atoms with Gasteiger partial charge in [0.25, 0.3) is 5.56 Å². The Bertz CT molecular complexity index is 908. The zero-order valence-corrected chi connectivity index (χ0v) is 13.5. The van der Waals surface area contributed by atoms with Crippen molar-refractivity contribution >= 4 is 17.0 Å². The Labute approximate surface area is 138 Å². The predicted octanol–water partition coefficient (Wildman–Crippen LogP) is 1.93. The van der Waals surface area contributed by atoms with Crippen LogP contribution in [0.3, 0.4) is 0 Å². The maximum absolute atomic E-state index is 12.1. The topological polar surface area (TPSA) is 86.9 Å². The molecule has 7 heteroatoms. The molecule has 4 rings (SSSR count). The van der Waals surface area contributed by atoms with Gasteiger partial charge in [0, 0.05) is 49.6 Å². The van der Waals surface area contributed by atoms with E-state index >= 15 is 0 Å². The minimum absolute atomic E-state index is 0.151. The maximum Gasteiger partial charge on any atom is 0.252 e. The van der Waals surface area contributed by atoms with Gasteiger partial charge in [-0.1, -0.05) is 0 Å². The molecule has 1 saturated heterocycles. The molecule has 0 unspecified atom stereocenters. The summed E-state index contributed by atoms with van der Waals surface area (Å²) in [5.74, 6) is 0.616. The predicted molar refractivity (Wildman–Crippen MR) is 92.2 cm³/mol. The molecule has 0 aromatic carbocycles. The van der Waals surface area contributed by atoms with Crippen LogP contribution in [0.2, 0.25) is 0 Å². The average molecular weight is 325 g/mol. The molecule has 24 heavy (non-hydrogen) atoms. The first-order chi connectivity index (χ1) is 11.7. The minimum atomic E-state index is -0.151. The number of hydrogen-bond donors (Lipinski definition) is 2. The van der Waals surface area contributed by atoms with Crippen LogP contribution in [0.25, 0.3) is 22.3 Å². The Hall–Kier alpha value is -2.67. The van der Waals surface area contributed by atoms with Crippen molar-refractivity contribution in [2.24, 2.45) is 0 Å². The number of aromatic nitrogens is 4. The van der Waals surface area contributed by atoms with Crippen LogP contribution in [-0.4, -0.2) is 46.2 Å². The molecule has 0 spiro atoms. The first-order valence-electron chi connectivity index (χ1n) is 8.06. The van der Waals surface area contributed by atoms with Crippen molar-refractivity contribution < 1.29 is 4.74 Å². The van der Waals surface area contributed by atoms with E-state index in [2.05, 4.69) is 24.8 Å². The number of H-pyrrole nitrogens is 2. The van der Waals surface area contributed by atoms with E-state index in [4.69, 9.17) is 4.74 Å². The van der Waals surface area contributed by atoms with Gasteiger partial charge in [-0.05, 0) is 25.0 Å². The molecule has 4 heterocycles. The van der Waals surface area contributed by atoms with Gasteiger partial charge in [-0.3, -0.25) is 9.78 Å². The molecule has 124 valence electrons. The molecule has 1 aliphatic heterocycles. The quantitative estimate of drug-likeness (QED) is 0.768. The van der Waals surface area contributed by atoms with Gasteiger partial charge >= 0.3 is 0 Å². The molecule has 0 saturated carbocycles. The molecule has 0 aliphatic carbocycles. The van der Waals surface area contributed by atoms with Gasteiger partial charge < -0.3 is 14.6 Å². The van der Waals surface area contributed by atoms with Gasteiger partial charge in [0.2, 0.25) is 5.95 Å². The van der Waals surface area contributed by atoms with Crippen molar-refractivity contribution in [1.82, 2.24) is 19.9 Å². The van der Waals surface area contributed by atoms with E-state index in [9.17, 15) is 4.79 Å². The molecule has 3 aromatic heterocycles. The molecule has 3 aromatic rings. The molecule has 0 amide bonds. The van der Waals surface area contributed by atoms with E-state index in [0.29, 0.717) is 11.6 Å². The van der Waals surface area contributed by atoms with E-state index in [-0.39, 0.29) is 11.7 Å². The number of nitrogens with zero attached hydrogens (tertiary/aromatic N) is 3. The third-order valence-corrected chi connectivity index (χ3v) is 4.53. The summed E-state index contributed by atoms with van der Waals surface area (Å²) in [6.45, 7) is 1.64. The monoisotopic (exact) mass is 325 g/mol. The van der Waals surface area contributed by atoms with E-state index in [1.807, 2.05) is 18.3 Å². The number of aromatic amines is 2. The second-order valence-electron chi connectivity index (χ2n) is 5.98. The highest BCUT2D eigenvalue weighted by Gasteiger charge is 2.21. The van der Waals surface area contributed by atoms with Crippen LogP contribution in [0.15, 0.2) is 35.4 Å². The smallest absolute Gasteiger partial charge is 0.252 e. The molecular formula is C17H19N5O2. The summed E-state index contributed by atoms with van der Waals surface area (Å²) in [5, 5.41) is 0.958. The van der Waals surface area contributed by atoms with Gasteiger partial charge in [0.15, 0.2) is 0 Å². The molecule has 0 atom stereocenters. The van der Waals surface area contributed by atoms with E-state index in [0.717, 1.165) is 42.5 Å². The molecule has 7 nitrogen and oxygen atoms in total. The van der Waals surface area contributed by atoms with Crippen molar-refractivity contribution in [3.05, 3.63) is 40.9 Å². The van der Waals surface area contributed by atoms with E-state index in [1.54, 1.807) is 13.3 Å². The molecule has 0 radical (unpaired) electrons. The summed E-state index contributed by atoms with van der Waals surface area (Å²) >= 11 is 0. The summed E-state index contributed by atoms with van der Waals surface area (Å²) in [6.07, 6.45) is 5.73. The lowest BCUT2D eigenvalue weighted by Crippen LogP contribution is -2.38. The van der Waals surface area contributed by atoms with Crippen LogP contribution in [0.1, 0.15) is 12.8 Å². The number of ether oxygens (including phenoxy) is 1. The molecule has 0 bridgehead atoms. The fraction of sp³-hybridized carbons (Fsp3) is 0.353. The summed E-state index contributed by atoms with van der Waals surface area (Å²) in [4.78, 5) is 29.2. The number of methoxy groups -OCH3 is 1. The highest BCUT2D eigenvalue weighted by atomic mass is 16.5. The lowest BCUT2D eigenvalue weighted by atomic mass is 10.1. The third-order valence-electron chi connectivity index (χ3n) is 4.53. The first-order valence-corrected chi connectivity index (χ1v) is 8.06. The zero-order valence-electron chi connectivity index (χ0n) is 13.5. The summed E-state index contributed by atoms with van der Waals surface area (Å²) in [5.41, 5.74) is 2.18. The molecule has 1 fully saturated rings. The second kappa shape index (κ2) is 6.09. The minimum Gasteiger partial charge on any atom is -0.381 e. The van der Waals surface area contributed by atoms with Crippen LogP contribution < -0.4 is 10.5 Å². The number of rotatable bonds is 3. The third kappa shape index (κ3) is 2.67. The van der Waals surface area contributed by atoms with Crippen molar-refractivity contribution in [2.45, 2.75) is 18.9 Å². The van der Waals surface area contributed by atoms with Gasteiger partial charge in [0.1, 0.15) is 5.65 Å². The number of anilines is 1. The average Bonchev–Trinajstić information content (AvgIpc) is 3.05. The highest BCUT2D eigenvalue weighted by molar-refractivity contribution is 5.92. The Balaban J connectivity index is 1.71. The zero-order chi connectivity index (χ0) is 16.5. The fourth-order valence-electron chi connectivity index (χ4n) is 3.20. The number of hydrogen-bond acceptors (Lipinski definition) is 5. The number of nitrogens with one attached hydrogen (secondary N) is 2. The lowest BCUT2D eigenvalue weighted by Gasteiger charge is -2.31. The number of piperidine rings is 1. The van der Waals surface area contributed by atoms with Crippen molar-refractivity contribution in [3.63, 3.8) is 0 Å². The van der Waals surface area contributed by atoms with Gasteiger partial charge in [-0.15, -0.1) is 0 Å². The largest absolute Gasteiger partial charge is 0.381 e. The standard InChI is InChI=1S/C17H19N5O2/c1-24-11-4-7-22(8-5-11)17-20-14(9-15(23)21-17)13-10-19-16-12(13)3-2-6-18-16/h2-3,6,9-11H,4-5,7-8H2,1H3,(H,18,19)(H,20,21,23). The Morgan fingerprint density at radius 2 is 2.17 bits per heavy atom. The SMILES string of the molecule is COC1CCN(c2nc(-c3c[nH]c4ncccc34)cc(=O)[nH]2)CC1. The number of fused-ring (bicyclic) bond motifs is 1. The van der Waals surface area contributed by atoms with Crippen LogP contribution in [-0.2, 0) is 4.74 Å². The van der Waals surface area contributed by atoms with E-state index in [1.165, 1.54) is 6.07 Å². The first kappa shape index (κ1) is 14.9. The second-order valence-corrected chi connectivity index (χ2v) is 5.98. The molecule has 1 aliphatic rings. The Morgan fingerprint density at radius 3 is 2.96 bits per heavy atom. The maximum atomic E-state index is 12.1. The summed E-state index contributed by atoms with van der Waals surface area (Å²) in [6, 6.07) is 5.38. The Kier molecular flexibility index (Phi) is 3.78. The van der Waals surface area contributed by atoms with Crippen molar-refractivity contribution in [2.75, 3.05) is 25.1 Å². The van der Waals surface area contributed by atoms with Crippen LogP contribution in [0, 0.1) is 0 Å². The van der Waals surface area contributed by atoms with Gasteiger partial charge in [0.05, 0.1) is 11.8 Å². The molecular weight excluding hydrogens is 306 g/mol. The summed E-state index contributed by atoms with van der Waals surface area (Å²) in [7, 11) is 1.74. The fourth-order valence-corrected chi connectivity index (χ4v) is 3.20. The normalized spacial score (nSPS) is 16.0. The van der Waals surface area contributed by atoms with Crippen LogP contribution in [0.4, 0.5) is 5.95 Å². The van der Waals surface area contributed by atoms with Crippen LogP contribution >= 0.6 is 0 Å². The van der Waals surface area contributed by atoms with E-state index < -0.39 is 0 Å². The van der Waals surface area contributed by atoms with Crippen molar-refractivity contribution in [3.8, 4) is 11.3 Å².